The first-order valence-corrected chi connectivity index (χ1v) is 8.11. The van der Waals surface area contributed by atoms with Crippen molar-refractivity contribution in [3.63, 3.8) is 0 Å². The van der Waals surface area contributed by atoms with E-state index in [2.05, 4.69) is 45.6 Å². The van der Waals surface area contributed by atoms with Gasteiger partial charge in [-0.05, 0) is 45.6 Å². The number of anilines is 1. The van der Waals surface area contributed by atoms with E-state index in [9.17, 15) is 0 Å². The molecule has 0 saturated heterocycles. The van der Waals surface area contributed by atoms with E-state index in [1.165, 1.54) is 25.7 Å². The normalized spacial score (nSPS) is 16.2. The molecule has 2 rings (SSSR count). The Labute approximate surface area is 127 Å². The van der Waals surface area contributed by atoms with E-state index in [1.807, 2.05) is 0 Å². The number of aromatic amines is 1. The van der Waals surface area contributed by atoms with E-state index in [0.29, 0.717) is 6.04 Å². The minimum Gasteiger partial charge on any atom is -0.340 e. The first-order valence-electron chi connectivity index (χ1n) is 7.70. The molecule has 0 spiro atoms. The maximum Gasteiger partial charge on any atom is 0.226 e. The van der Waals surface area contributed by atoms with Crippen molar-refractivity contribution in [3.05, 3.63) is 4.77 Å². The lowest BCUT2D eigenvalue weighted by molar-refractivity contribution is 0.408. The van der Waals surface area contributed by atoms with Gasteiger partial charge in [-0.25, -0.2) is 5.10 Å². The zero-order valence-corrected chi connectivity index (χ0v) is 13.7. The highest BCUT2D eigenvalue weighted by Gasteiger charge is 2.23. The fraction of sp³-hybridized carbons (Fsp3) is 0.857. The fourth-order valence-electron chi connectivity index (χ4n) is 2.91. The van der Waals surface area contributed by atoms with E-state index in [1.54, 1.807) is 0 Å². The molecule has 1 aromatic rings. The quantitative estimate of drug-likeness (QED) is 0.786. The van der Waals surface area contributed by atoms with Gasteiger partial charge in [0.1, 0.15) is 0 Å². The molecule has 1 N–H and O–H groups in total. The Hall–Kier alpha value is -0.880. The molecule has 1 heterocycles. The second kappa shape index (κ2) is 7.22. The van der Waals surface area contributed by atoms with Crippen LogP contribution in [0.5, 0.6) is 0 Å². The van der Waals surface area contributed by atoms with Gasteiger partial charge < -0.3 is 9.80 Å². The van der Waals surface area contributed by atoms with Crippen LogP contribution in [0.3, 0.4) is 0 Å². The second-order valence-electron chi connectivity index (χ2n) is 5.93. The Bertz CT molecular complexity index is 458. The molecule has 0 aliphatic heterocycles. The molecule has 20 heavy (non-hydrogen) atoms. The summed E-state index contributed by atoms with van der Waals surface area (Å²) < 4.78 is 3.03. The zero-order chi connectivity index (χ0) is 14.5. The highest BCUT2D eigenvalue weighted by Crippen LogP contribution is 2.32. The van der Waals surface area contributed by atoms with E-state index in [4.69, 9.17) is 12.2 Å². The Morgan fingerprint density at radius 3 is 2.55 bits per heavy atom. The average molecular weight is 297 g/mol. The molecule has 0 bridgehead atoms. The molecule has 0 amide bonds. The van der Waals surface area contributed by atoms with Crippen LogP contribution in [-0.4, -0.2) is 53.4 Å². The van der Waals surface area contributed by atoms with Gasteiger partial charge in [-0.3, -0.25) is 4.57 Å². The van der Waals surface area contributed by atoms with Crippen LogP contribution in [0.4, 0.5) is 5.95 Å². The maximum absolute atomic E-state index is 5.46. The molecule has 0 atom stereocenters. The van der Waals surface area contributed by atoms with Crippen molar-refractivity contribution >= 4 is 18.2 Å². The molecule has 6 heteroatoms. The van der Waals surface area contributed by atoms with E-state index >= 15 is 0 Å². The monoisotopic (exact) mass is 297 g/mol. The van der Waals surface area contributed by atoms with Gasteiger partial charge in [-0.1, -0.05) is 19.8 Å². The molecule has 0 aromatic carbocycles. The number of aromatic nitrogens is 3. The fourth-order valence-corrected chi connectivity index (χ4v) is 3.19. The summed E-state index contributed by atoms with van der Waals surface area (Å²) in [6, 6.07) is 0.537. The van der Waals surface area contributed by atoms with Gasteiger partial charge in [0.15, 0.2) is 4.77 Å². The summed E-state index contributed by atoms with van der Waals surface area (Å²) in [5.41, 5.74) is 0. The summed E-state index contributed by atoms with van der Waals surface area (Å²) in [4.78, 5) is 4.58. The number of nitrogens with zero attached hydrogens (tertiary/aromatic N) is 4. The average Bonchev–Trinajstić information content (AvgIpc) is 3.03. The number of hydrogen-bond donors (Lipinski definition) is 1. The van der Waals surface area contributed by atoms with Crippen molar-refractivity contribution in [3.8, 4) is 0 Å². The summed E-state index contributed by atoms with van der Waals surface area (Å²) >= 11 is 5.46. The van der Waals surface area contributed by atoms with Gasteiger partial charge >= 0.3 is 0 Å². The van der Waals surface area contributed by atoms with E-state index in [0.717, 1.165) is 36.8 Å². The molecule has 1 saturated carbocycles. The lowest BCUT2D eigenvalue weighted by atomic mass is 10.2. The summed E-state index contributed by atoms with van der Waals surface area (Å²) in [5, 5.41) is 7.51. The van der Waals surface area contributed by atoms with Crippen molar-refractivity contribution in [2.24, 2.45) is 0 Å². The van der Waals surface area contributed by atoms with Crippen LogP contribution in [0.1, 0.15) is 45.1 Å². The number of likely N-dealkylation sites (N-methyl/N-ethyl adjacent to an activating group) is 1. The minimum atomic E-state index is 0.537. The summed E-state index contributed by atoms with van der Waals surface area (Å²) in [6.07, 6.45) is 6.20. The SMILES string of the molecule is CCCN(CCN(C)C)c1n[nH]c(=S)n1C1CCCC1. The largest absolute Gasteiger partial charge is 0.340 e. The van der Waals surface area contributed by atoms with E-state index < -0.39 is 0 Å². The molecular formula is C14H27N5S. The van der Waals surface area contributed by atoms with Gasteiger partial charge in [0.05, 0.1) is 0 Å². The van der Waals surface area contributed by atoms with Crippen molar-refractivity contribution in [1.29, 1.82) is 0 Å². The van der Waals surface area contributed by atoms with Crippen LogP contribution in [0.2, 0.25) is 0 Å². The highest BCUT2D eigenvalue weighted by atomic mass is 32.1. The molecule has 1 aliphatic rings. The molecule has 1 aliphatic carbocycles. The van der Waals surface area contributed by atoms with Gasteiger partial charge in [0.2, 0.25) is 5.95 Å². The van der Waals surface area contributed by atoms with Crippen molar-refractivity contribution in [2.75, 3.05) is 38.6 Å². The first-order chi connectivity index (χ1) is 9.63. The standard InChI is InChI=1S/C14H27N5S/c1-4-9-18(11-10-17(2)3)13-15-16-14(20)19(13)12-7-5-6-8-12/h12H,4-11H2,1-3H3,(H,16,20). The Kier molecular flexibility index (Phi) is 5.60. The van der Waals surface area contributed by atoms with E-state index in [-0.39, 0.29) is 0 Å². The van der Waals surface area contributed by atoms with Crippen LogP contribution in [0, 0.1) is 4.77 Å². The third-order valence-electron chi connectivity index (χ3n) is 3.97. The smallest absolute Gasteiger partial charge is 0.226 e. The van der Waals surface area contributed by atoms with Crippen molar-refractivity contribution in [2.45, 2.75) is 45.1 Å². The molecule has 1 fully saturated rings. The third-order valence-corrected chi connectivity index (χ3v) is 4.26. The van der Waals surface area contributed by atoms with Crippen molar-refractivity contribution in [1.82, 2.24) is 19.7 Å². The Balaban J connectivity index is 2.21. The topological polar surface area (TPSA) is 40.1 Å². The third kappa shape index (κ3) is 3.61. The Morgan fingerprint density at radius 1 is 1.25 bits per heavy atom. The molecular weight excluding hydrogens is 270 g/mol. The first kappa shape index (κ1) is 15.5. The van der Waals surface area contributed by atoms with Gasteiger partial charge in [-0.2, -0.15) is 0 Å². The minimum absolute atomic E-state index is 0.537. The molecule has 114 valence electrons. The number of nitrogens with one attached hydrogen (secondary N) is 1. The van der Waals surface area contributed by atoms with Gasteiger partial charge in [0.25, 0.3) is 0 Å². The number of rotatable bonds is 7. The highest BCUT2D eigenvalue weighted by molar-refractivity contribution is 7.71. The molecule has 0 radical (unpaired) electrons. The lowest BCUT2D eigenvalue weighted by Crippen LogP contribution is -2.34. The van der Waals surface area contributed by atoms with Crippen molar-refractivity contribution < 1.29 is 0 Å². The predicted molar refractivity (Wildman–Crippen MR) is 86.0 cm³/mol. The maximum atomic E-state index is 5.46. The molecule has 5 nitrogen and oxygen atoms in total. The van der Waals surface area contributed by atoms with Gasteiger partial charge in [0, 0.05) is 25.7 Å². The van der Waals surface area contributed by atoms with Crippen LogP contribution >= 0.6 is 12.2 Å². The predicted octanol–water partition coefficient (Wildman–Crippen LogP) is 2.83. The van der Waals surface area contributed by atoms with Crippen LogP contribution in [0.25, 0.3) is 0 Å². The summed E-state index contributed by atoms with van der Waals surface area (Å²) in [6.45, 7) is 5.27. The number of H-pyrrole nitrogens is 1. The summed E-state index contributed by atoms with van der Waals surface area (Å²) in [5.74, 6) is 1.03. The number of hydrogen-bond acceptors (Lipinski definition) is 4. The van der Waals surface area contributed by atoms with Gasteiger partial charge in [-0.15, -0.1) is 5.10 Å². The summed E-state index contributed by atoms with van der Waals surface area (Å²) in [7, 11) is 4.22. The molecule has 1 aromatic heterocycles. The van der Waals surface area contributed by atoms with Crippen LogP contribution < -0.4 is 4.90 Å². The second-order valence-corrected chi connectivity index (χ2v) is 6.31. The zero-order valence-electron chi connectivity index (χ0n) is 12.9. The lowest BCUT2D eigenvalue weighted by Gasteiger charge is -2.26. The Morgan fingerprint density at radius 2 is 1.95 bits per heavy atom. The van der Waals surface area contributed by atoms with Crippen LogP contribution in [0.15, 0.2) is 0 Å². The molecule has 0 unspecified atom stereocenters. The van der Waals surface area contributed by atoms with Crippen LogP contribution in [-0.2, 0) is 0 Å².